The Kier molecular flexibility index (Phi) is 10.0. The molecule has 2 amide bonds. The molecule has 19 heavy (non-hydrogen) atoms. The molecule has 0 aromatic heterocycles. The van der Waals surface area contributed by atoms with E-state index in [1.165, 1.54) is 0 Å². The van der Waals surface area contributed by atoms with Gasteiger partial charge >= 0.3 is 6.03 Å². The van der Waals surface area contributed by atoms with Crippen LogP contribution in [-0.4, -0.2) is 80.3 Å². The molecule has 1 aliphatic heterocycles. The van der Waals surface area contributed by atoms with E-state index in [9.17, 15) is 4.79 Å². The van der Waals surface area contributed by atoms with Gasteiger partial charge in [0.15, 0.2) is 0 Å². The Morgan fingerprint density at radius 2 is 1.79 bits per heavy atom. The molecule has 6 heteroatoms. The summed E-state index contributed by atoms with van der Waals surface area (Å²) in [5.41, 5.74) is 0. The fourth-order valence-corrected chi connectivity index (χ4v) is 2.19. The maximum absolute atomic E-state index is 12.0. The van der Waals surface area contributed by atoms with Gasteiger partial charge < -0.3 is 14.5 Å². The summed E-state index contributed by atoms with van der Waals surface area (Å²) >= 11 is 0. The molecule has 0 atom stereocenters. The Labute approximate surface area is 123 Å². The van der Waals surface area contributed by atoms with Crippen LogP contribution in [0.1, 0.15) is 20.3 Å². The SMILES string of the molecule is CCN(CC)C(=O)N(C)CCCN1CCOCC1.Cl. The van der Waals surface area contributed by atoms with Crippen LogP contribution in [0.4, 0.5) is 4.79 Å². The number of amides is 2. The van der Waals surface area contributed by atoms with Gasteiger partial charge in [-0.3, -0.25) is 4.90 Å². The van der Waals surface area contributed by atoms with Crippen LogP contribution >= 0.6 is 12.4 Å². The maximum atomic E-state index is 12.0. The van der Waals surface area contributed by atoms with Crippen molar-refractivity contribution >= 4 is 18.4 Å². The van der Waals surface area contributed by atoms with Gasteiger partial charge in [-0.2, -0.15) is 0 Å². The van der Waals surface area contributed by atoms with Crippen molar-refractivity contribution in [2.75, 3.05) is 59.5 Å². The third-order valence-electron chi connectivity index (χ3n) is 3.43. The first-order valence-corrected chi connectivity index (χ1v) is 6.99. The fourth-order valence-electron chi connectivity index (χ4n) is 2.19. The lowest BCUT2D eigenvalue weighted by Crippen LogP contribution is -2.42. The summed E-state index contributed by atoms with van der Waals surface area (Å²) in [6.07, 6.45) is 1.03. The average molecular weight is 294 g/mol. The van der Waals surface area contributed by atoms with Gasteiger partial charge in [0.05, 0.1) is 13.2 Å². The minimum atomic E-state index is 0. The largest absolute Gasteiger partial charge is 0.379 e. The van der Waals surface area contributed by atoms with E-state index in [2.05, 4.69) is 4.90 Å². The monoisotopic (exact) mass is 293 g/mol. The highest BCUT2D eigenvalue weighted by Gasteiger charge is 2.15. The second-order valence-corrected chi connectivity index (χ2v) is 4.68. The van der Waals surface area contributed by atoms with E-state index in [1.807, 2.05) is 30.7 Å². The van der Waals surface area contributed by atoms with Gasteiger partial charge in [-0.25, -0.2) is 4.79 Å². The van der Waals surface area contributed by atoms with E-state index in [4.69, 9.17) is 4.74 Å². The van der Waals surface area contributed by atoms with E-state index >= 15 is 0 Å². The minimum absolute atomic E-state index is 0. The summed E-state index contributed by atoms with van der Waals surface area (Å²) in [4.78, 5) is 18.1. The van der Waals surface area contributed by atoms with Crippen molar-refractivity contribution < 1.29 is 9.53 Å². The van der Waals surface area contributed by atoms with Crippen LogP contribution in [0.15, 0.2) is 0 Å². The Morgan fingerprint density at radius 3 is 2.32 bits per heavy atom. The molecule has 0 aliphatic carbocycles. The number of hydrogen-bond donors (Lipinski definition) is 0. The highest BCUT2D eigenvalue weighted by molar-refractivity contribution is 5.85. The number of ether oxygens (including phenoxy) is 1. The molecule has 5 nitrogen and oxygen atoms in total. The molecule has 0 aromatic carbocycles. The number of carbonyl (C=O) groups excluding carboxylic acids is 1. The molecule has 1 fully saturated rings. The number of hydrogen-bond acceptors (Lipinski definition) is 3. The first-order valence-electron chi connectivity index (χ1n) is 6.99. The van der Waals surface area contributed by atoms with Crippen LogP contribution < -0.4 is 0 Å². The summed E-state index contributed by atoms with van der Waals surface area (Å²) in [5, 5.41) is 0. The molecule has 0 bridgehead atoms. The van der Waals surface area contributed by atoms with Crippen molar-refractivity contribution in [2.24, 2.45) is 0 Å². The standard InChI is InChI=1S/C13H27N3O2.ClH/c1-4-16(5-2)13(17)14(3)7-6-8-15-9-11-18-12-10-15;/h4-12H2,1-3H3;1H. The summed E-state index contributed by atoms with van der Waals surface area (Å²) in [5.74, 6) is 0. The average Bonchev–Trinajstić information content (AvgIpc) is 2.41. The molecule has 0 saturated carbocycles. The van der Waals surface area contributed by atoms with Crippen LogP contribution in [0.5, 0.6) is 0 Å². The van der Waals surface area contributed by atoms with E-state index in [0.29, 0.717) is 0 Å². The van der Waals surface area contributed by atoms with Crippen LogP contribution in [0, 0.1) is 0 Å². The van der Waals surface area contributed by atoms with Crippen LogP contribution in [0.25, 0.3) is 0 Å². The summed E-state index contributed by atoms with van der Waals surface area (Å²) in [7, 11) is 1.89. The molecule has 0 unspecified atom stereocenters. The van der Waals surface area contributed by atoms with E-state index in [0.717, 1.165) is 58.9 Å². The highest BCUT2D eigenvalue weighted by Crippen LogP contribution is 2.01. The molecule has 0 aromatic rings. The van der Waals surface area contributed by atoms with E-state index in [1.54, 1.807) is 0 Å². The minimum Gasteiger partial charge on any atom is -0.379 e. The third kappa shape index (κ3) is 6.45. The predicted octanol–water partition coefficient (Wildman–Crippen LogP) is 1.52. The first-order chi connectivity index (χ1) is 8.69. The zero-order valence-electron chi connectivity index (χ0n) is 12.4. The van der Waals surface area contributed by atoms with Crippen LogP contribution in [-0.2, 0) is 4.74 Å². The Balaban J connectivity index is 0.00000324. The second-order valence-electron chi connectivity index (χ2n) is 4.68. The molecule has 0 radical (unpaired) electrons. The van der Waals surface area contributed by atoms with Crippen molar-refractivity contribution in [2.45, 2.75) is 20.3 Å². The third-order valence-corrected chi connectivity index (χ3v) is 3.43. The Hall–Kier alpha value is -0.520. The fraction of sp³-hybridized carbons (Fsp3) is 0.923. The van der Waals surface area contributed by atoms with Gasteiger partial charge in [-0.1, -0.05) is 0 Å². The molecule has 0 N–H and O–H groups in total. The van der Waals surface area contributed by atoms with Gasteiger partial charge in [0, 0.05) is 46.3 Å². The molecule has 1 aliphatic rings. The van der Waals surface area contributed by atoms with Crippen molar-refractivity contribution in [3.05, 3.63) is 0 Å². The van der Waals surface area contributed by atoms with Gasteiger partial charge in [0.1, 0.15) is 0 Å². The highest BCUT2D eigenvalue weighted by atomic mass is 35.5. The molecule has 1 heterocycles. The van der Waals surface area contributed by atoms with Crippen molar-refractivity contribution in [3.8, 4) is 0 Å². The number of carbonyl (C=O) groups is 1. The zero-order valence-corrected chi connectivity index (χ0v) is 13.2. The lowest BCUT2D eigenvalue weighted by molar-refractivity contribution is 0.0365. The van der Waals surface area contributed by atoms with Crippen molar-refractivity contribution in [3.63, 3.8) is 0 Å². The van der Waals surface area contributed by atoms with E-state index in [-0.39, 0.29) is 18.4 Å². The normalized spacial score (nSPS) is 15.7. The topological polar surface area (TPSA) is 36.0 Å². The van der Waals surface area contributed by atoms with Gasteiger partial charge in [-0.15, -0.1) is 12.4 Å². The van der Waals surface area contributed by atoms with Gasteiger partial charge in [0.2, 0.25) is 0 Å². The number of halogens is 1. The van der Waals surface area contributed by atoms with Crippen LogP contribution in [0.3, 0.4) is 0 Å². The number of morpholine rings is 1. The molecular formula is C13H28ClN3O2. The predicted molar refractivity (Wildman–Crippen MR) is 80.1 cm³/mol. The Bertz CT molecular complexity index is 244. The summed E-state index contributed by atoms with van der Waals surface area (Å²) in [6, 6.07) is 0.141. The molecule has 1 saturated heterocycles. The van der Waals surface area contributed by atoms with Crippen LogP contribution in [0.2, 0.25) is 0 Å². The Morgan fingerprint density at radius 1 is 1.21 bits per heavy atom. The summed E-state index contributed by atoms with van der Waals surface area (Å²) < 4.78 is 5.31. The lowest BCUT2D eigenvalue weighted by atomic mass is 10.3. The molecule has 1 rings (SSSR count). The first kappa shape index (κ1) is 18.5. The van der Waals surface area contributed by atoms with Gasteiger partial charge in [-0.05, 0) is 20.3 Å². The number of urea groups is 1. The second kappa shape index (κ2) is 10.3. The quantitative estimate of drug-likeness (QED) is 0.745. The number of rotatable bonds is 6. The van der Waals surface area contributed by atoms with Gasteiger partial charge in [0.25, 0.3) is 0 Å². The zero-order chi connectivity index (χ0) is 13.4. The summed E-state index contributed by atoms with van der Waals surface area (Å²) in [6.45, 7) is 11.2. The molecule has 114 valence electrons. The maximum Gasteiger partial charge on any atom is 0.319 e. The lowest BCUT2D eigenvalue weighted by Gasteiger charge is -2.29. The van der Waals surface area contributed by atoms with E-state index < -0.39 is 0 Å². The number of nitrogens with zero attached hydrogens (tertiary/aromatic N) is 3. The molecular weight excluding hydrogens is 266 g/mol. The van der Waals surface area contributed by atoms with Crippen molar-refractivity contribution in [1.82, 2.24) is 14.7 Å². The smallest absolute Gasteiger partial charge is 0.319 e. The van der Waals surface area contributed by atoms with Crippen molar-refractivity contribution in [1.29, 1.82) is 0 Å². The molecule has 0 spiro atoms.